The number of ether oxygens (including phenoxy) is 2. The van der Waals surface area contributed by atoms with Gasteiger partial charge >= 0.3 is 6.09 Å². The molecule has 0 fully saturated rings. The molecule has 0 aromatic heterocycles. The lowest BCUT2D eigenvalue weighted by atomic mass is 10.2. The zero-order valence-corrected chi connectivity index (χ0v) is 11.8. The first-order chi connectivity index (χ1) is 9.08. The summed E-state index contributed by atoms with van der Waals surface area (Å²) >= 11 is 0. The third-order valence-corrected chi connectivity index (χ3v) is 2.51. The number of carbonyl (C=O) groups is 1. The quantitative estimate of drug-likeness (QED) is 0.858. The summed E-state index contributed by atoms with van der Waals surface area (Å²) < 4.78 is 10.4. The number of rotatable bonds is 6. The van der Waals surface area contributed by atoms with Gasteiger partial charge in [-0.1, -0.05) is 6.07 Å². The predicted molar refractivity (Wildman–Crippen MR) is 75.6 cm³/mol. The van der Waals surface area contributed by atoms with Gasteiger partial charge in [0, 0.05) is 12.6 Å². The number of amides is 1. The van der Waals surface area contributed by atoms with E-state index in [1.165, 1.54) is 0 Å². The molecule has 0 unspecified atom stereocenters. The fourth-order valence-electron chi connectivity index (χ4n) is 1.62. The minimum atomic E-state index is -0.364. The van der Waals surface area contributed by atoms with Gasteiger partial charge in [-0.2, -0.15) is 0 Å². The van der Waals surface area contributed by atoms with E-state index in [1.807, 2.05) is 32.0 Å². The first-order valence-corrected chi connectivity index (χ1v) is 6.40. The van der Waals surface area contributed by atoms with Crippen molar-refractivity contribution in [1.29, 1.82) is 0 Å². The van der Waals surface area contributed by atoms with Gasteiger partial charge in [-0.05, 0) is 38.9 Å². The summed E-state index contributed by atoms with van der Waals surface area (Å²) in [5.74, 6) is 0.701. The zero-order valence-electron chi connectivity index (χ0n) is 11.8. The number of anilines is 1. The topological polar surface area (TPSA) is 64.8 Å². The molecule has 1 aromatic rings. The molecule has 0 aliphatic rings. The molecular formula is C14H22N2O3. The van der Waals surface area contributed by atoms with Crippen LogP contribution < -0.4 is 15.4 Å². The van der Waals surface area contributed by atoms with Crippen molar-refractivity contribution in [2.24, 2.45) is 5.73 Å². The van der Waals surface area contributed by atoms with E-state index in [2.05, 4.69) is 0 Å². The summed E-state index contributed by atoms with van der Waals surface area (Å²) in [6.45, 7) is 4.69. The Bertz CT molecular complexity index is 407. The smallest absolute Gasteiger partial charge is 0.414 e. The maximum Gasteiger partial charge on any atom is 0.414 e. The highest BCUT2D eigenvalue weighted by Crippen LogP contribution is 2.22. The van der Waals surface area contributed by atoms with Crippen LogP contribution >= 0.6 is 0 Å². The molecule has 5 heteroatoms. The molecule has 0 heterocycles. The average molecular weight is 266 g/mol. The second-order valence-corrected chi connectivity index (χ2v) is 4.43. The third-order valence-electron chi connectivity index (χ3n) is 2.51. The second-order valence-electron chi connectivity index (χ2n) is 4.43. The summed E-state index contributed by atoms with van der Waals surface area (Å²) in [5.41, 5.74) is 6.26. The largest absolute Gasteiger partial charge is 0.497 e. The van der Waals surface area contributed by atoms with Crippen LogP contribution in [0.4, 0.5) is 10.5 Å². The van der Waals surface area contributed by atoms with Crippen molar-refractivity contribution in [3.8, 4) is 5.75 Å². The van der Waals surface area contributed by atoms with Crippen molar-refractivity contribution >= 4 is 11.8 Å². The molecule has 0 saturated heterocycles. The molecule has 0 radical (unpaired) electrons. The maximum absolute atomic E-state index is 12.1. The summed E-state index contributed by atoms with van der Waals surface area (Å²) in [6.07, 6.45) is 0.194. The number of benzene rings is 1. The Balaban J connectivity index is 2.91. The minimum absolute atomic E-state index is 0.154. The van der Waals surface area contributed by atoms with Gasteiger partial charge in [-0.3, -0.25) is 4.90 Å². The lowest BCUT2D eigenvalue weighted by Crippen LogP contribution is -2.34. The number of hydrogen-bond donors (Lipinski definition) is 1. The van der Waals surface area contributed by atoms with E-state index >= 15 is 0 Å². The molecule has 106 valence electrons. The lowest BCUT2D eigenvalue weighted by Gasteiger charge is -2.23. The average Bonchev–Trinajstić information content (AvgIpc) is 2.38. The van der Waals surface area contributed by atoms with Crippen LogP contribution in [0.2, 0.25) is 0 Å². The molecule has 0 aliphatic heterocycles. The second kappa shape index (κ2) is 7.63. The van der Waals surface area contributed by atoms with E-state index in [1.54, 1.807) is 18.1 Å². The third kappa shape index (κ3) is 4.79. The summed E-state index contributed by atoms with van der Waals surface area (Å²) in [5, 5.41) is 0. The molecule has 0 aliphatic carbocycles. The van der Waals surface area contributed by atoms with E-state index in [4.69, 9.17) is 15.2 Å². The number of nitrogens with zero attached hydrogens (tertiary/aromatic N) is 1. The van der Waals surface area contributed by atoms with E-state index in [-0.39, 0.29) is 12.2 Å². The van der Waals surface area contributed by atoms with Crippen LogP contribution in [0.5, 0.6) is 5.75 Å². The van der Waals surface area contributed by atoms with Crippen LogP contribution in [-0.2, 0) is 4.74 Å². The fraction of sp³-hybridized carbons (Fsp3) is 0.500. The van der Waals surface area contributed by atoms with Gasteiger partial charge in [0.05, 0.1) is 18.9 Å². The monoisotopic (exact) mass is 266 g/mol. The molecule has 0 spiro atoms. The molecule has 1 aromatic carbocycles. The van der Waals surface area contributed by atoms with Gasteiger partial charge in [0.2, 0.25) is 0 Å². The van der Waals surface area contributed by atoms with Gasteiger partial charge in [-0.15, -0.1) is 0 Å². The van der Waals surface area contributed by atoms with Gasteiger partial charge in [0.15, 0.2) is 0 Å². The molecule has 0 saturated carbocycles. The van der Waals surface area contributed by atoms with E-state index < -0.39 is 0 Å². The standard InChI is InChI=1S/C14H22N2O3/c1-11(2)19-14(17)16(9-5-8-15)12-6-4-7-13(10-12)18-3/h4,6-7,10-11H,5,8-9,15H2,1-3H3. The SMILES string of the molecule is COc1cccc(N(CCCN)C(=O)OC(C)C)c1. The Labute approximate surface area is 114 Å². The summed E-state index contributed by atoms with van der Waals surface area (Å²) in [4.78, 5) is 13.7. The van der Waals surface area contributed by atoms with Crippen LogP contribution in [-0.4, -0.2) is 32.4 Å². The molecular weight excluding hydrogens is 244 g/mol. The number of methoxy groups -OCH3 is 1. The van der Waals surface area contributed by atoms with Gasteiger partial charge in [0.25, 0.3) is 0 Å². The normalized spacial score (nSPS) is 10.4. The highest BCUT2D eigenvalue weighted by molar-refractivity contribution is 5.87. The van der Waals surface area contributed by atoms with Gasteiger partial charge in [0.1, 0.15) is 5.75 Å². The van der Waals surface area contributed by atoms with Crippen LogP contribution in [0.15, 0.2) is 24.3 Å². The van der Waals surface area contributed by atoms with E-state index in [9.17, 15) is 4.79 Å². The first-order valence-electron chi connectivity index (χ1n) is 6.40. The number of nitrogens with two attached hydrogens (primary N) is 1. The van der Waals surface area contributed by atoms with Crippen LogP contribution in [0.1, 0.15) is 20.3 Å². The van der Waals surface area contributed by atoms with E-state index in [0.717, 1.165) is 5.69 Å². The van der Waals surface area contributed by atoms with Crippen molar-refractivity contribution in [3.63, 3.8) is 0 Å². The van der Waals surface area contributed by atoms with Crippen molar-refractivity contribution in [2.45, 2.75) is 26.4 Å². The molecule has 19 heavy (non-hydrogen) atoms. The number of carbonyl (C=O) groups excluding carboxylic acids is 1. The predicted octanol–water partition coefficient (Wildman–Crippen LogP) is 2.40. The molecule has 5 nitrogen and oxygen atoms in total. The van der Waals surface area contributed by atoms with Crippen molar-refractivity contribution in [1.82, 2.24) is 0 Å². The van der Waals surface area contributed by atoms with Crippen molar-refractivity contribution in [2.75, 3.05) is 25.1 Å². The van der Waals surface area contributed by atoms with Gasteiger partial charge in [-0.25, -0.2) is 4.79 Å². The molecule has 2 N–H and O–H groups in total. The molecule has 1 amide bonds. The summed E-state index contributed by atoms with van der Waals surface area (Å²) in [6, 6.07) is 7.32. The van der Waals surface area contributed by atoms with Crippen LogP contribution in [0, 0.1) is 0 Å². The van der Waals surface area contributed by atoms with Crippen molar-refractivity contribution in [3.05, 3.63) is 24.3 Å². The van der Waals surface area contributed by atoms with Crippen molar-refractivity contribution < 1.29 is 14.3 Å². The Hall–Kier alpha value is -1.75. The van der Waals surface area contributed by atoms with Crippen LogP contribution in [0.25, 0.3) is 0 Å². The Morgan fingerprint density at radius 2 is 2.16 bits per heavy atom. The Morgan fingerprint density at radius 1 is 1.42 bits per heavy atom. The zero-order chi connectivity index (χ0) is 14.3. The first kappa shape index (κ1) is 15.3. The highest BCUT2D eigenvalue weighted by Gasteiger charge is 2.18. The molecule has 0 atom stereocenters. The fourth-order valence-corrected chi connectivity index (χ4v) is 1.62. The Morgan fingerprint density at radius 3 is 2.74 bits per heavy atom. The Kier molecular flexibility index (Phi) is 6.15. The lowest BCUT2D eigenvalue weighted by molar-refractivity contribution is 0.122. The highest BCUT2D eigenvalue weighted by atomic mass is 16.6. The van der Waals surface area contributed by atoms with Gasteiger partial charge < -0.3 is 15.2 Å². The minimum Gasteiger partial charge on any atom is -0.497 e. The van der Waals surface area contributed by atoms with Crippen LogP contribution in [0.3, 0.4) is 0 Å². The van der Waals surface area contributed by atoms with E-state index in [0.29, 0.717) is 25.3 Å². The molecule has 0 bridgehead atoms. The summed E-state index contributed by atoms with van der Waals surface area (Å²) in [7, 11) is 1.59. The maximum atomic E-state index is 12.1. The number of hydrogen-bond acceptors (Lipinski definition) is 4. The molecule has 1 rings (SSSR count).